The van der Waals surface area contributed by atoms with Gasteiger partial charge in [-0.15, -0.1) is 11.3 Å². The van der Waals surface area contributed by atoms with Gasteiger partial charge in [0.25, 0.3) is 5.91 Å². The van der Waals surface area contributed by atoms with Gasteiger partial charge in [-0.05, 0) is 46.8 Å². The van der Waals surface area contributed by atoms with E-state index in [0.29, 0.717) is 17.3 Å². The molecule has 5 rings (SSSR count). The first-order chi connectivity index (χ1) is 16.8. The SMILES string of the molecule is O=C(Nc1cccc(-c2csc(-c3noc(=O)[nH]3)c2)c1)C1(Oc2ccccc2)CCC(F)(F)CC1. The number of hydrogen-bond acceptors (Lipinski definition) is 6. The molecule has 1 amide bonds. The van der Waals surface area contributed by atoms with Crippen LogP contribution in [-0.2, 0) is 4.79 Å². The number of halogens is 2. The summed E-state index contributed by atoms with van der Waals surface area (Å²) in [4.78, 5) is 27.9. The van der Waals surface area contributed by atoms with Gasteiger partial charge in [0, 0.05) is 31.4 Å². The zero-order valence-corrected chi connectivity index (χ0v) is 19.2. The Morgan fingerprint density at radius 3 is 2.51 bits per heavy atom. The summed E-state index contributed by atoms with van der Waals surface area (Å²) in [6.45, 7) is 0. The highest BCUT2D eigenvalue weighted by molar-refractivity contribution is 7.13. The fourth-order valence-corrected chi connectivity index (χ4v) is 4.93. The van der Waals surface area contributed by atoms with Crippen LogP contribution in [0.2, 0.25) is 0 Å². The summed E-state index contributed by atoms with van der Waals surface area (Å²) >= 11 is 1.38. The molecule has 0 radical (unpaired) electrons. The van der Waals surface area contributed by atoms with Crippen molar-refractivity contribution >= 4 is 22.9 Å². The van der Waals surface area contributed by atoms with Crippen LogP contribution in [0.25, 0.3) is 21.8 Å². The van der Waals surface area contributed by atoms with E-state index in [1.165, 1.54) is 11.3 Å². The fraction of sp³-hybridized carbons (Fsp3) is 0.240. The van der Waals surface area contributed by atoms with Crippen LogP contribution in [0.15, 0.2) is 75.4 Å². The maximum atomic E-state index is 13.9. The largest absolute Gasteiger partial charge is 0.477 e. The minimum atomic E-state index is -2.81. The molecule has 10 heteroatoms. The van der Waals surface area contributed by atoms with E-state index in [1.807, 2.05) is 23.6 Å². The number of para-hydroxylation sites is 1. The van der Waals surface area contributed by atoms with Crippen molar-refractivity contribution in [2.45, 2.75) is 37.2 Å². The number of hydrogen-bond donors (Lipinski definition) is 2. The summed E-state index contributed by atoms with van der Waals surface area (Å²) in [6.07, 6.45) is -1.03. The lowest BCUT2D eigenvalue weighted by Crippen LogP contribution is -2.52. The van der Waals surface area contributed by atoms with Gasteiger partial charge in [0.1, 0.15) is 5.75 Å². The summed E-state index contributed by atoms with van der Waals surface area (Å²) in [5.41, 5.74) is 0.804. The van der Waals surface area contributed by atoms with Gasteiger partial charge in [-0.25, -0.2) is 13.6 Å². The zero-order valence-electron chi connectivity index (χ0n) is 18.4. The first-order valence-corrected chi connectivity index (χ1v) is 11.9. The molecule has 2 aromatic carbocycles. The molecule has 180 valence electrons. The summed E-state index contributed by atoms with van der Waals surface area (Å²) in [5.74, 6) is -3.11. The van der Waals surface area contributed by atoms with Gasteiger partial charge in [0.15, 0.2) is 11.4 Å². The second-order valence-corrected chi connectivity index (χ2v) is 9.35. The Morgan fingerprint density at radius 2 is 1.80 bits per heavy atom. The summed E-state index contributed by atoms with van der Waals surface area (Å²) in [5, 5.41) is 8.46. The molecule has 0 unspecified atom stereocenters. The number of amides is 1. The number of nitrogens with one attached hydrogen (secondary N) is 2. The molecule has 2 heterocycles. The van der Waals surface area contributed by atoms with Crippen molar-refractivity contribution in [3.8, 4) is 27.6 Å². The summed E-state index contributed by atoms with van der Waals surface area (Å²) < 4.78 is 38.5. The molecular weight excluding hydrogens is 476 g/mol. The second kappa shape index (κ2) is 9.10. The van der Waals surface area contributed by atoms with Crippen LogP contribution in [-0.4, -0.2) is 27.6 Å². The molecule has 7 nitrogen and oxygen atoms in total. The normalized spacial score (nSPS) is 16.5. The lowest BCUT2D eigenvalue weighted by molar-refractivity contribution is -0.143. The van der Waals surface area contributed by atoms with Crippen molar-refractivity contribution in [3.05, 3.63) is 76.6 Å². The van der Waals surface area contributed by atoms with E-state index in [9.17, 15) is 18.4 Å². The van der Waals surface area contributed by atoms with Crippen LogP contribution in [0.5, 0.6) is 5.75 Å². The first-order valence-electron chi connectivity index (χ1n) is 11.0. The van der Waals surface area contributed by atoms with Gasteiger partial charge in [-0.3, -0.25) is 14.3 Å². The van der Waals surface area contributed by atoms with E-state index >= 15 is 0 Å². The number of alkyl halides is 2. The fourth-order valence-electron chi connectivity index (χ4n) is 4.08. The number of aromatic nitrogens is 2. The Bertz CT molecular complexity index is 1390. The third-order valence-corrected chi connectivity index (χ3v) is 6.92. The Hall–Kier alpha value is -3.79. The van der Waals surface area contributed by atoms with Crippen LogP contribution >= 0.6 is 11.3 Å². The van der Waals surface area contributed by atoms with E-state index in [-0.39, 0.29) is 12.8 Å². The first kappa shape index (κ1) is 23.0. The molecule has 1 aliphatic carbocycles. The maximum absolute atomic E-state index is 13.9. The third-order valence-electron chi connectivity index (χ3n) is 5.99. The van der Waals surface area contributed by atoms with Crippen molar-refractivity contribution in [2.75, 3.05) is 5.32 Å². The molecule has 1 fully saturated rings. The van der Waals surface area contributed by atoms with Crippen LogP contribution in [0.1, 0.15) is 25.7 Å². The Morgan fingerprint density at radius 1 is 1.03 bits per heavy atom. The molecular formula is C25H21F2N3O4S. The van der Waals surface area contributed by atoms with Gasteiger partial charge in [0.2, 0.25) is 5.92 Å². The van der Waals surface area contributed by atoms with Crippen LogP contribution < -0.4 is 15.8 Å². The topological polar surface area (TPSA) is 97.2 Å². The minimum Gasteiger partial charge on any atom is -0.477 e. The van der Waals surface area contributed by atoms with Crippen molar-refractivity contribution in [3.63, 3.8) is 0 Å². The monoisotopic (exact) mass is 497 g/mol. The molecule has 0 saturated heterocycles. The van der Waals surface area contributed by atoms with E-state index in [4.69, 9.17) is 4.74 Å². The minimum absolute atomic E-state index is 0.0930. The molecule has 1 saturated carbocycles. The van der Waals surface area contributed by atoms with Crippen LogP contribution in [0.3, 0.4) is 0 Å². The number of rotatable bonds is 6. The van der Waals surface area contributed by atoms with E-state index < -0.39 is 36.0 Å². The van der Waals surface area contributed by atoms with E-state index in [0.717, 1.165) is 16.0 Å². The molecule has 2 aromatic heterocycles. The molecule has 0 aliphatic heterocycles. The lowest BCUT2D eigenvalue weighted by atomic mass is 9.81. The van der Waals surface area contributed by atoms with Gasteiger partial charge in [0.05, 0.1) is 4.88 Å². The second-order valence-electron chi connectivity index (χ2n) is 8.44. The predicted octanol–water partition coefficient (Wildman–Crippen LogP) is 5.72. The van der Waals surface area contributed by atoms with Crippen molar-refractivity contribution in [1.82, 2.24) is 10.1 Å². The summed E-state index contributed by atoms with van der Waals surface area (Å²) in [6, 6.07) is 17.8. The molecule has 0 atom stereocenters. The molecule has 0 spiro atoms. The van der Waals surface area contributed by atoms with E-state index in [1.54, 1.807) is 42.5 Å². The van der Waals surface area contributed by atoms with Gasteiger partial charge in [-0.1, -0.05) is 35.5 Å². The predicted molar refractivity (Wildman–Crippen MR) is 128 cm³/mol. The van der Waals surface area contributed by atoms with Gasteiger partial charge < -0.3 is 10.1 Å². The number of carbonyl (C=O) groups excluding carboxylic acids is 1. The highest BCUT2D eigenvalue weighted by Crippen LogP contribution is 2.42. The Kier molecular flexibility index (Phi) is 5.98. The Labute approximate surface area is 202 Å². The molecule has 1 aliphatic rings. The number of carbonyl (C=O) groups is 1. The van der Waals surface area contributed by atoms with Crippen LogP contribution in [0.4, 0.5) is 14.5 Å². The standard InChI is InChI=1S/C25H21F2N3O4S/c26-25(27)11-9-24(10-12-25,33-19-7-2-1-3-8-19)22(31)28-18-6-4-5-16(13-18)17-14-20(35-15-17)21-29-23(32)34-30-21/h1-8,13-15H,9-12H2,(H,28,31)(H,29,30,32). The van der Waals surface area contributed by atoms with Gasteiger partial charge >= 0.3 is 5.76 Å². The van der Waals surface area contributed by atoms with Crippen molar-refractivity contribution in [1.29, 1.82) is 0 Å². The molecule has 35 heavy (non-hydrogen) atoms. The number of ether oxygens (including phenoxy) is 1. The molecule has 0 bridgehead atoms. The number of H-pyrrole nitrogens is 1. The van der Waals surface area contributed by atoms with Gasteiger partial charge in [-0.2, -0.15) is 0 Å². The quantitative estimate of drug-likeness (QED) is 0.355. The third kappa shape index (κ3) is 5.02. The zero-order chi connectivity index (χ0) is 24.5. The summed E-state index contributed by atoms with van der Waals surface area (Å²) in [7, 11) is 0. The molecule has 4 aromatic rings. The van der Waals surface area contributed by atoms with Crippen molar-refractivity contribution in [2.24, 2.45) is 0 Å². The maximum Gasteiger partial charge on any atom is 0.439 e. The Balaban J connectivity index is 1.37. The average molecular weight is 498 g/mol. The number of aromatic amines is 1. The lowest BCUT2D eigenvalue weighted by Gasteiger charge is -2.38. The number of thiophene rings is 1. The highest BCUT2D eigenvalue weighted by atomic mass is 32.1. The average Bonchev–Trinajstić information content (AvgIpc) is 3.51. The van der Waals surface area contributed by atoms with E-state index in [2.05, 4.69) is 20.0 Å². The molecule has 2 N–H and O–H groups in total. The smallest absolute Gasteiger partial charge is 0.439 e. The van der Waals surface area contributed by atoms with Crippen molar-refractivity contribution < 1.29 is 22.8 Å². The number of nitrogens with zero attached hydrogens (tertiary/aromatic N) is 1. The number of benzene rings is 2. The number of anilines is 1. The highest BCUT2D eigenvalue weighted by Gasteiger charge is 2.49. The van der Waals surface area contributed by atoms with Crippen LogP contribution in [0, 0.1) is 0 Å².